The Kier molecular flexibility index (Phi) is 5.96. The van der Waals surface area contributed by atoms with E-state index in [9.17, 15) is 17.2 Å². The zero-order chi connectivity index (χ0) is 22.2. The van der Waals surface area contributed by atoms with Gasteiger partial charge in [-0.3, -0.25) is 14.2 Å². The number of sulfonamides is 1. The van der Waals surface area contributed by atoms with Crippen LogP contribution >= 0.6 is 11.6 Å². The third kappa shape index (κ3) is 4.71. The summed E-state index contributed by atoms with van der Waals surface area (Å²) in [4.78, 5) is 6.18. The Balaban J connectivity index is 1.64. The van der Waals surface area contributed by atoms with Crippen molar-refractivity contribution in [2.75, 3.05) is 23.7 Å². The van der Waals surface area contributed by atoms with Crippen LogP contribution in [0, 0.1) is 11.6 Å². The molecule has 3 aromatic rings. The summed E-state index contributed by atoms with van der Waals surface area (Å²) in [7, 11) is -3.75. The Morgan fingerprint density at radius 1 is 1.00 bits per heavy atom. The highest BCUT2D eigenvalue weighted by molar-refractivity contribution is 7.92. The molecule has 1 aliphatic rings. The molecule has 9 heteroatoms. The summed E-state index contributed by atoms with van der Waals surface area (Å²) in [6.45, 7) is 0.779. The third-order valence-corrected chi connectivity index (χ3v) is 6.73. The molecule has 1 atom stereocenters. The summed E-state index contributed by atoms with van der Waals surface area (Å²) >= 11 is 6.04. The Hall–Kier alpha value is -2.55. The maximum atomic E-state index is 13.8. The van der Waals surface area contributed by atoms with E-state index < -0.39 is 27.7 Å². The zero-order valence-electron chi connectivity index (χ0n) is 16.6. The van der Waals surface area contributed by atoms with E-state index in [1.54, 1.807) is 24.5 Å². The van der Waals surface area contributed by atoms with Gasteiger partial charge in [0.2, 0.25) is 10.0 Å². The molecule has 1 aromatic heterocycles. The van der Waals surface area contributed by atoms with Crippen LogP contribution in [0.5, 0.6) is 0 Å². The molecule has 0 aliphatic carbocycles. The monoisotopic (exact) mass is 463 g/mol. The van der Waals surface area contributed by atoms with E-state index in [0.717, 1.165) is 39.9 Å². The molecular weight excluding hydrogens is 444 g/mol. The van der Waals surface area contributed by atoms with E-state index in [1.165, 1.54) is 0 Å². The molecular formula is C22H20ClF2N3O2S. The van der Waals surface area contributed by atoms with Gasteiger partial charge in [0.1, 0.15) is 11.6 Å². The van der Waals surface area contributed by atoms with Gasteiger partial charge in [0.25, 0.3) is 0 Å². The molecule has 0 amide bonds. The number of benzene rings is 2. The molecule has 4 rings (SSSR count). The van der Waals surface area contributed by atoms with E-state index in [1.807, 2.05) is 24.3 Å². The summed E-state index contributed by atoms with van der Waals surface area (Å²) in [5.74, 6) is -1.65. The first-order valence-electron chi connectivity index (χ1n) is 9.57. The molecule has 31 heavy (non-hydrogen) atoms. The molecule has 0 saturated carbocycles. The van der Waals surface area contributed by atoms with E-state index >= 15 is 0 Å². The minimum Gasteiger partial charge on any atom is -0.288 e. The number of likely N-dealkylation sites (tertiary alicyclic amines) is 1. The number of aromatic nitrogens is 1. The van der Waals surface area contributed by atoms with Gasteiger partial charge in [0.15, 0.2) is 0 Å². The Bertz CT molecular complexity index is 1150. The lowest BCUT2D eigenvalue weighted by molar-refractivity contribution is 0.116. The first kappa shape index (κ1) is 21.7. The quantitative estimate of drug-likeness (QED) is 0.548. The second kappa shape index (κ2) is 8.53. The fraction of sp³-hybridized carbons (Fsp3) is 0.227. The minimum atomic E-state index is -3.75. The predicted octanol–water partition coefficient (Wildman–Crippen LogP) is 4.25. The van der Waals surface area contributed by atoms with Crippen LogP contribution < -0.4 is 4.31 Å². The summed E-state index contributed by atoms with van der Waals surface area (Å²) < 4.78 is 53.6. The van der Waals surface area contributed by atoms with Gasteiger partial charge in [-0.15, -0.1) is 0 Å². The molecule has 0 N–H and O–H groups in total. The fourth-order valence-electron chi connectivity index (χ4n) is 3.99. The van der Waals surface area contributed by atoms with Crippen molar-refractivity contribution in [1.82, 2.24) is 9.88 Å². The minimum absolute atomic E-state index is 0.0170. The largest absolute Gasteiger partial charge is 0.288 e. The molecule has 5 nitrogen and oxygen atoms in total. The van der Waals surface area contributed by atoms with Crippen LogP contribution in [0.1, 0.15) is 17.2 Å². The van der Waals surface area contributed by atoms with E-state index in [0.29, 0.717) is 18.1 Å². The lowest BCUT2D eigenvalue weighted by atomic mass is 9.93. The standard InChI is InChI=1S/C22H20ClF2N3O2S/c1-31(29,30)28(20-11-18(24)10-19(25)12-20)21-13-27(14-21)22(16-6-8-26-9-7-16)15-2-4-17(23)5-3-15/h2-12,21-22H,13-14H2,1H3/t22-/m0/s1. The summed E-state index contributed by atoms with van der Waals surface area (Å²) in [5, 5.41) is 0.620. The third-order valence-electron chi connectivity index (χ3n) is 5.25. The van der Waals surface area contributed by atoms with Gasteiger partial charge >= 0.3 is 0 Å². The predicted molar refractivity (Wildman–Crippen MR) is 117 cm³/mol. The van der Waals surface area contributed by atoms with Crippen molar-refractivity contribution in [1.29, 1.82) is 0 Å². The topological polar surface area (TPSA) is 53.5 Å². The van der Waals surface area contributed by atoms with Crippen molar-refractivity contribution >= 4 is 27.3 Å². The number of halogens is 3. The fourth-order valence-corrected chi connectivity index (χ4v) is 5.28. The lowest BCUT2D eigenvalue weighted by Crippen LogP contribution is -2.61. The summed E-state index contributed by atoms with van der Waals surface area (Å²) in [6, 6.07) is 13.5. The van der Waals surface area contributed by atoms with Crippen LogP contribution in [0.15, 0.2) is 67.0 Å². The van der Waals surface area contributed by atoms with E-state index in [-0.39, 0.29) is 11.7 Å². The molecule has 0 unspecified atom stereocenters. The first-order chi connectivity index (χ1) is 14.7. The average Bonchev–Trinajstić information content (AvgIpc) is 2.66. The lowest BCUT2D eigenvalue weighted by Gasteiger charge is -2.48. The second-order valence-electron chi connectivity index (χ2n) is 7.53. The number of pyridine rings is 1. The van der Waals surface area contributed by atoms with E-state index in [2.05, 4.69) is 9.88 Å². The number of anilines is 1. The SMILES string of the molecule is CS(=O)(=O)N(c1cc(F)cc(F)c1)C1CN([C@H](c2ccncc2)c2ccc(Cl)cc2)C1. The van der Waals surface area contributed by atoms with Gasteiger partial charge in [-0.1, -0.05) is 23.7 Å². The number of rotatable bonds is 6. The van der Waals surface area contributed by atoms with Crippen molar-refractivity contribution < 1.29 is 17.2 Å². The van der Waals surface area contributed by atoms with Gasteiger partial charge < -0.3 is 0 Å². The normalized spacial score (nSPS) is 16.0. The second-order valence-corrected chi connectivity index (χ2v) is 9.82. The van der Waals surface area contributed by atoms with Gasteiger partial charge in [0, 0.05) is 36.6 Å². The molecule has 1 fully saturated rings. The van der Waals surface area contributed by atoms with Crippen molar-refractivity contribution in [2.45, 2.75) is 12.1 Å². The number of hydrogen-bond donors (Lipinski definition) is 0. The van der Waals surface area contributed by atoms with Gasteiger partial charge in [0.05, 0.1) is 24.0 Å². The number of nitrogens with zero attached hydrogens (tertiary/aromatic N) is 3. The molecule has 1 saturated heterocycles. The average molecular weight is 464 g/mol. The Morgan fingerprint density at radius 2 is 1.55 bits per heavy atom. The van der Waals surface area contributed by atoms with Crippen molar-refractivity contribution in [3.05, 3.63) is 94.8 Å². The zero-order valence-corrected chi connectivity index (χ0v) is 18.2. The molecule has 162 valence electrons. The maximum absolute atomic E-state index is 13.8. The highest BCUT2D eigenvalue weighted by atomic mass is 35.5. The van der Waals surface area contributed by atoms with Gasteiger partial charge in [-0.05, 0) is 47.5 Å². The Morgan fingerprint density at radius 3 is 2.10 bits per heavy atom. The van der Waals surface area contributed by atoms with Gasteiger partial charge in [-0.25, -0.2) is 17.2 Å². The van der Waals surface area contributed by atoms with Gasteiger partial charge in [-0.2, -0.15) is 0 Å². The summed E-state index contributed by atoms with van der Waals surface area (Å²) in [5.41, 5.74) is 1.98. The van der Waals surface area contributed by atoms with Crippen LogP contribution in [0.4, 0.5) is 14.5 Å². The van der Waals surface area contributed by atoms with Crippen LogP contribution in [-0.4, -0.2) is 43.7 Å². The highest BCUT2D eigenvalue weighted by Gasteiger charge is 2.40. The smallest absolute Gasteiger partial charge is 0.232 e. The molecule has 0 bridgehead atoms. The van der Waals surface area contributed by atoms with Crippen LogP contribution in [-0.2, 0) is 10.0 Å². The van der Waals surface area contributed by atoms with Crippen molar-refractivity contribution in [3.63, 3.8) is 0 Å². The highest BCUT2D eigenvalue weighted by Crippen LogP contribution is 2.36. The van der Waals surface area contributed by atoms with Crippen LogP contribution in [0.2, 0.25) is 5.02 Å². The maximum Gasteiger partial charge on any atom is 0.232 e. The molecule has 0 spiro atoms. The molecule has 1 aliphatic heterocycles. The van der Waals surface area contributed by atoms with E-state index in [4.69, 9.17) is 11.6 Å². The van der Waals surface area contributed by atoms with Crippen molar-refractivity contribution in [2.24, 2.45) is 0 Å². The van der Waals surface area contributed by atoms with Crippen LogP contribution in [0.25, 0.3) is 0 Å². The van der Waals surface area contributed by atoms with Crippen molar-refractivity contribution in [3.8, 4) is 0 Å². The molecule has 2 aromatic carbocycles. The molecule has 2 heterocycles. The van der Waals surface area contributed by atoms with Crippen LogP contribution in [0.3, 0.4) is 0 Å². The number of hydrogen-bond acceptors (Lipinski definition) is 4. The molecule has 0 radical (unpaired) electrons. The Labute approximate surface area is 184 Å². The first-order valence-corrected chi connectivity index (χ1v) is 11.8. The summed E-state index contributed by atoms with van der Waals surface area (Å²) in [6.07, 6.45) is 4.44.